The quantitative estimate of drug-likeness (QED) is 0.422. The topological polar surface area (TPSA) is 135 Å². The van der Waals surface area contributed by atoms with Crippen molar-refractivity contribution in [2.24, 2.45) is 0 Å². The Bertz CT molecular complexity index is 876. The summed E-state index contributed by atoms with van der Waals surface area (Å²) in [6.45, 7) is 0. The van der Waals surface area contributed by atoms with Gasteiger partial charge in [-0.3, -0.25) is 4.55 Å². The Kier molecular flexibility index (Phi) is 7.37. The monoisotopic (exact) mass is 348 g/mol. The molecule has 0 aromatic heterocycles. The van der Waals surface area contributed by atoms with Gasteiger partial charge in [-0.05, 0) is 29.0 Å². The summed E-state index contributed by atoms with van der Waals surface area (Å²) in [4.78, 5) is -1.34. The van der Waals surface area contributed by atoms with Gasteiger partial charge in [0.1, 0.15) is 10.1 Å². The molecule has 0 fully saturated rings. The standard InChI is InChI=1S/C10H8O7S2.2Na/c11-9-4-7-3-8(18(12,13)14)2-1-6(7)5-10(9)19(15,16)17;;/h1-5,11H,(H,12,13,14)(H,15,16,17);;/q;2*+1/p-2. The third kappa shape index (κ3) is 4.90. The number of hydrogen-bond donors (Lipinski definition) is 1. The van der Waals surface area contributed by atoms with Gasteiger partial charge >= 0.3 is 59.1 Å². The molecule has 2 aromatic rings. The molecule has 7 nitrogen and oxygen atoms in total. The molecule has 21 heavy (non-hydrogen) atoms. The van der Waals surface area contributed by atoms with Crippen molar-refractivity contribution in [1.29, 1.82) is 0 Å². The van der Waals surface area contributed by atoms with E-state index in [4.69, 9.17) is 4.55 Å². The van der Waals surface area contributed by atoms with Gasteiger partial charge in [0.2, 0.25) is 0 Å². The van der Waals surface area contributed by atoms with E-state index < -0.39 is 35.8 Å². The van der Waals surface area contributed by atoms with Crippen LogP contribution in [0.3, 0.4) is 0 Å². The van der Waals surface area contributed by atoms with Gasteiger partial charge in [-0.2, -0.15) is 8.42 Å². The van der Waals surface area contributed by atoms with Crippen LogP contribution in [0.15, 0.2) is 40.1 Å². The van der Waals surface area contributed by atoms with Crippen molar-refractivity contribution >= 4 is 31.0 Å². The van der Waals surface area contributed by atoms with Crippen LogP contribution in [0.5, 0.6) is 5.75 Å². The van der Waals surface area contributed by atoms with Crippen molar-refractivity contribution in [2.45, 2.75) is 9.79 Å². The van der Waals surface area contributed by atoms with Crippen LogP contribution in [0.2, 0.25) is 0 Å². The Morgan fingerprint density at radius 2 is 1.48 bits per heavy atom. The molecule has 0 aliphatic heterocycles. The maximum Gasteiger partial charge on any atom is 1.00 e. The van der Waals surface area contributed by atoms with Crippen LogP contribution < -0.4 is 64.2 Å². The van der Waals surface area contributed by atoms with Gasteiger partial charge in [-0.1, -0.05) is 17.9 Å². The van der Waals surface area contributed by atoms with Crippen molar-refractivity contribution < 1.29 is 90.2 Å². The Balaban J connectivity index is 0.00000200. The molecule has 2 rings (SSSR count). The van der Waals surface area contributed by atoms with Crippen LogP contribution in [0.25, 0.3) is 10.8 Å². The minimum Gasteiger partial charge on any atom is -0.872 e. The number of benzene rings is 2. The first kappa shape index (κ1) is 21.3. The fourth-order valence-electron chi connectivity index (χ4n) is 1.59. The molecule has 0 bridgehead atoms. The van der Waals surface area contributed by atoms with Crippen molar-refractivity contribution in [3.63, 3.8) is 0 Å². The van der Waals surface area contributed by atoms with Crippen LogP contribution >= 0.6 is 0 Å². The molecule has 11 heteroatoms. The second-order valence-electron chi connectivity index (χ2n) is 3.74. The van der Waals surface area contributed by atoms with E-state index in [0.29, 0.717) is 0 Å². The summed E-state index contributed by atoms with van der Waals surface area (Å²) in [6, 6.07) is 4.88. The van der Waals surface area contributed by atoms with Crippen molar-refractivity contribution in [3.8, 4) is 5.75 Å². The van der Waals surface area contributed by atoms with Crippen LogP contribution in [-0.2, 0) is 20.2 Å². The minimum absolute atomic E-state index is 0. The maximum atomic E-state index is 11.5. The first-order valence-corrected chi connectivity index (χ1v) is 7.62. The average molecular weight is 348 g/mol. The Morgan fingerprint density at radius 3 is 1.95 bits per heavy atom. The van der Waals surface area contributed by atoms with E-state index in [1.54, 1.807) is 0 Å². The van der Waals surface area contributed by atoms with Crippen LogP contribution in [-0.4, -0.2) is 25.9 Å². The predicted molar refractivity (Wildman–Crippen MR) is 61.2 cm³/mol. The first-order valence-electron chi connectivity index (χ1n) is 4.77. The van der Waals surface area contributed by atoms with Gasteiger partial charge < -0.3 is 9.66 Å². The van der Waals surface area contributed by atoms with Gasteiger partial charge in [-0.15, -0.1) is 0 Å². The molecule has 0 unspecified atom stereocenters. The van der Waals surface area contributed by atoms with Crippen LogP contribution in [0.4, 0.5) is 0 Å². The molecule has 0 atom stereocenters. The van der Waals surface area contributed by atoms with E-state index in [9.17, 15) is 26.5 Å². The fourth-order valence-corrected chi connectivity index (χ4v) is 2.69. The molecule has 0 saturated carbocycles. The van der Waals surface area contributed by atoms with E-state index in [2.05, 4.69) is 0 Å². The van der Waals surface area contributed by atoms with Gasteiger partial charge in [0.15, 0.2) is 0 Å². The average Bonchev–Trinajstić information content (AvgIpc) is 2.24. The van der Waals surface area contributed by atoms with Crippen molar-refractivity contribution in [3.05, 3.63) is 30.3 Å². The second-order valence-corrected chi connectivity index (χ2v) is 6.51. The molecular formula is C10H6Na2O7S2. The summed E-state index contributed by atoms with van der Waals surface area (Å²) in [6.07, 6.45) is 0. The second kappa shape index (κ2) is 7.26. The smallest absolute Gasteiger partial charge is 0.872 e. The normalized spacial score (nSPS) is 11.5. The third-order valence-electron chi connectivity index (χ3n) is 2.44. The Hall–Kier alpha value is 0.320. The van der Waals surface area contributed by atoms with Gasteiger partial charge in [0.25, 0.3) is 10.1 Å². The van der Waals surface area contributed by atoms with Gasteiger partial charge in [0, 0.05) is 0 Å². The minimum atomic E-state index is -4.67. The SMILES string of the molecule is O=S(=O)([O-])c1ccc2cc(S(=O)(=O)O)c([O-])cc2c1.[Na+].[Na+]. The zero-order valence-corrected chi connectivity index (χ0v) is 16.7. The summed E-state index contributed by atoms with van der Waals surface area (Å²) >= 11 is 0. The first-order chi connectivity index (χ1) is 8.59. The summed E-state index contributed by atoms with van der Waals surface area (Å²) in [7, 11) is -9.32. The number of fused-ring (bicyclic) bond motifs is 1. The molecule has 0 radical (unpaired) electrons. The number of hydrogen-bond acceptors (Lipinski definition) is 6. The van der Waals surface area contributed by atoms with Gasteiger partial charge in [-0.25, -0.2) is 8.42 Å². The number of rotatable bonds is 2. The molecule has 0 saturated heterocycles. The maximum absolute atomic E-state index is 11.5. The Morgan fingerprint density at radius 1 is 0.905 bits per heavy atom. The molecule has 0 amide bonds. The summed E-state index contributed by atoms with van der Waals surface area (Å²) in [5, 5.41) is 11.8. The largest absolute Gasteiger partial charge is 1.00 e. The van der Waals surface area contributed by atoms with E-state index in [1.807, 2.05) is 0 Å². The molecular weight excluding hydrogens is 342 g/mol. The predicted octanol–water partition coefficient (Wildman–Crippen LogP) is -5.93. The Labute approximate surface area is 165 Å². The fraction of sp³-hybridized carbons (Fsp3) is 0. The van der Waals surface area contributed by atoms with Crippen LogP contribution in [0.1, 0.15) is 0 Å². The summed E-state index contributed by atoms with van der Waals surface area (Å²) < 4.78 is 63.2. The third-order valence-corrected chi connectivity index (χ3v) is 4.15. The van der Waals surface area contributed by atoms with Crippen molar-refractivity contribution in [1.82, 2.24) is 0 Å². The van der Waals surface area contributed by atoms with Crippen molar-refractivity contribution in [2.75, 3.05) is 0 Å². The van der Waals surface area contributed by atoms with Gasteiger partial charge in [0.05, 0.1) is 9.79 Å². The van der Waals surface area contributed by atoms with E-state index in [-0.39, 0.29) is 69.9 Å². The van der Waals surface area contributed by atoms with E-state index in [0.717, 1.165) is 24.3 Å². The van der Waals surface area contributed by atoms with E-state index in [1.165, 1.54) is 6.07 Å². The molecule has 1 N–H and O–H groups in total. The molecule has 0 spiro atoms. The van der Waals surface area contributed by atoms with E-state index >= 15 is 0 Å². The molecule has 0 aliphatic rings. The zero-order chi connectivity index (χ0) is 14.4. The molecule has 0 heterocycles. The zero-order valence-electron chi connectivity index (χ0n) is 11.1. The van der Waals surface area contributed by atoms with Crippen LogP contribution in [0, 0.1) is 0 Å². The molecule has 2 aromatic carbocycles. The molecule has 102 valence electrons. The summed E-state index contributed by atoms with van der Waals surface area (Å²) in [5.74, 6) is -0.990. The summed E-state index contributed by atoms with van der Waals surface area (Å²) in [5.41, 5.74) is 0. The molecule has 0 aliphatic carbocycles.